The van der Waals surface area contributed by atoms with Crippen molar-refractivity contribution in [2.24, 2.45) is 0 Å². The predicted octanol–water partition coefficient (Wildman–Crippen LogP) is 6.59. The molecular weight excluding hydrogens is 264 g/mol. The van der Waals surface area contributed by atoms with Crippen molar-refractivity contribution in [3.05, 3.63) is 81.9 Å². The Hall–Kier alpha value is -2.08. The van der Waals surface area contributed by atoms with Crippen molar-refractivity contribution in [3.63, 3.8) is 0 Å². The molecule has 0 saturated carbocycles. The smallest absolute Gasteiger partial charge is 0.0120 e. The molecule has 0 heteroatoms. The van der Waals surface area contributed by atoms with E-state index < -0.39 is 0 Å². The van der Waals surface area contributed by atoms with E-state index >= 15 is 0 Å². The highest BCUT2D eigenvalue weighted by Crippen LogP contribution is 2.36. The molecule has 0 unspecified atom stereocenters. The Kier molecular flexibility index (Phi) is 5.03. The molecule has 0 heterocycles. The third kappa shape index (κ3) is 3.57. The van der Waals surface area contributed by atoms with Gasteiger partial charge < -0.3 is 0 Å². The zero-order chi connectivity index (χ0) is 16.3. The van der Waals surface area contributed by atoms with Gasteiger partial charge in [0.2, 0.25) is 0 Å². The molecule has 0 saturated heterocycles. The van der Waals surface area contributed by atoms with Crippen LogP contribution in [0.25, 0.3) is 11.1 Å². The van der Waals surface area contributed by atoms with E-state index in [2.05, 4.69) is 90.1 Å². The van der Waals surface area contributed by atoms with Crippen LogP contribution in [0.2, 0.25) is 0 Å². The lowest BCUT2D eigenvalue weighted by molar-refractivity contribution is 1.34. The molecule has 2 aromatic carbocycles. The predicted molar refractivity (Wildman–Crippen MR) is 98.9 cm³/mol. The van der Waals surface area contributed by atoms with Crippen LogP contribution in [0.3, 0.4) is 0 Å². The summed E-state index contributed by atoms with van der Waals surface area (Å²) in [7, 11) is 0. The standard InChI is InChI=1S/C22H26/c1-15(2)21(19-11-7-17(5)8-12-19)22(16(3)4)20-13-9-18(6)10-14-20/h7-14H,1-6H3. The van der Waals surface area contributed by atoms with E-state index in [9.17, 15) is 0 Å². The van der Waals surface area contributed by atoms with E-state index in [1.165, 1.54) is 44.5 Å². The molecule has 0 aromatic heterocycles. The summed E-state index contributed by atoms with van der Waals surface area (Å²) < 4.78 is 0. The van der Waals surface area contributed by atoms with Gasteiger partial charge in [-0.25, -0.2) is 0 Å². The first-order chi connectivity index (χ1) is 10.4. The van der Waals surface area contributed by atoms with Gasteiger partial charge in [0.05, 0.1) is 0 Å². The van der Waals surface area contributed by atoms with E-state index in [1.54, 1.807) is 0 Å². The Bertz CT molecular complexity index is 634. The lowest BCUT2D eigenvalue weighted by Gasteiger charge is -2.18. The maximum absolute atomic E-state index is 2.23. The molecule has 0 aliphatic heterocycles. The van der Waals surface area contributed by atoms with Crippen molar-refractivity contribution in [1.82, 2.24) is 0 Å². The van der Waals surface area contributed by atoms with Crippen LogP contribution >= 0.6 is 0 Å². The van der Waals surface area contributed by atoms with Gasteiger partial charge in [-0.3, -0.25) is 0 Å². The summed E-state index contributed by atoms with van der Waals surface area (Å²) in [5, 5.41) is 0. The zero-order valence-corrected chi connectivity index (χ0v) is 14.6. The summed E-state index contributed by atoms with van der Waals surface area (Å²) in [5.74, 6) is 0. The Morgan fingerprint density at radius 1 is 0.500 bits per heavy atom. The highest BCUT2D eigenvalue weighted by Gasteiger charge is 2.13. The molecule has 0 fully saturated rings. The lowest BCUT2D eigenvalue weighted by atomic mass is 9.86. The summed E-state index contributed by atoms with van der Waals surface area (Å²) in [5.41, 5.74) is 10.6. The Morgan fingerprint density at radius 2 is 0.773 bits per heavy atom. The third-order valence-electron chi connectivity index (χ3n) is 3.93. The molecule has 2 rings (SSSR count). The first kappa shape index (κ1) is 16.3. The van der Waals surface area contributed by atoms with Crippen LogP contribution in [0.15, 0.2) is 59.7 Å². The average Bonchev–Trinajstić information content (AvgIpc) is 2.46. The fourth-order valence-corrected chi connectivity index (χ4v) is 2.81. The summed E-state index contributed by atoms with van der Waals surface area (Å²) in [6, 6.07) is 17.7. The minimum atomic E-state index is 1.29. The van der Waals surface area contributed by atoms with E-state index in [1.807, 2.05) is 0 Å². The average molecular weight is 290 g/mol. The van der Waals surface area contributed by atoms with Crippen molar-refractivity contribution >= 4 is 11.1 Å². The number of hydrogen-bond acceptors (Lipinski definition) is 0. The zero-order valence-electron chi connectivity index (χ0n) is 14.6. The summed E-state index contributed by atoms with van der Waals surface area (Å²) in [6.45, 7) is 13.1. The van der Waals surface area contributed by atoms with Gasteiger partial charge >= 0.3 is 0 Å². The van der Waals surface area contributed by atoms with Crippen molar-refractivity contribution in [2.45, 2.75) is 41.5 Å². The molecule has 0 atom stereocenters. The normalized spacial score (nSPS) is 10.3. The molecule has 0 amide bonds. The second-order valence-electron chi connectivity index (χ2n) is 6.48. The fourth-order valence-electron chi connectivity index (χ4n) is 2.81. The van der Waals surface area contributed by atoms with Crippen molar-refractivity contribution in [3.8, 4) is 0 Å². The van der Waals surface area contributed by atoms with Gasteiger partial charge in [0.1, 0.15) is 0 Å². The summed E-state index contributed by atoms with van der Waals surface area (Å²) >= 11 is 0. The fraction of sp³-hybridized carbons (Fsp3) is 0.273. The molecule has 0 N–H and O–H groups in total. The van der Waals surface area contributed by atoms with Crippen LogP contribution in [0.5, 0.6) is 0 Å². The largest absolute Gasteiger partial charge is 0.0680 e. The Morgan fingerprint density at radius 3 is 1.00 bits per heavy atom. The van der Waals surface area contributed by atoms with Gasteiger partial charge in [0, 0.05) is 0 Å². The van der Waals surface area contributed by atoms with Gasteiger partial charge in [-0.1, -0.05) is 70.8 Å². The molecule has 22 heavy (non-hydrogen) atoms. The maximum Gasteiger partial charge on any atom is -0.0120 e. The number of aryl methyl sites for hydroxylation is 2. The minimum Gasteiger partial charge on any atom is -0.0680 e. The number of rotatable bonds is 3. The van der Waals surface area contributed by atoms with Crippen LogP contribution in [0.1, 0.15) is 49.9 Å². The maximum atomic E-state index is 2.23. The molecular formula is C22H26. The topological polar surface area (TPSA) is 0 Å². The van der Waals surface area contributed by atoms with Gasteiger partial charge in [-0.05, 0) is 63.8 Å². The number of benzene rings is 2. The lowest BCUT2D eigenvalue weighted by Crippen LogP contribution is -1.96. The van der Waals surface area contributed by atoms with E-state index in [0.29, 0.717) is 0 Å². The van der Waals surface area contributed by atoms with Crippen molar-refractivity contribution in [1.29, 1.82) is 0 Å². The van der Waals surface area contributed by atoms with Crippen LogP contribution in [0, 0.1) is 13.8 Å². The molecule has 114 valence electrons. The SMILES string of the molecule is CC(C)=C(C(=C(C)C)c1ccc(C)cc1)c1ccc(C)cc1. The van der Waals surface area contributed by atoms with Gasteiger partial charge in [0.15, 0.2) is 0 Å². The molecule has 0 spiro atoms. The van der Waals surface area contributed by atoms with Crippen molar-refractivity contribution in [2.75, 3.05) is 0 Å². The Labute approximate surface area is 135 Å². The third-order valence-corrected chi connectivity index (χ3v) is 3.93. The quantitative estimate of drug-likeness (QED) is 0.559. The summed E-state index contributed by atoms with van der Waals surface area (Å²) in [6.07, 6.45) is 0. The highest BCUT2D eigenvalue weighted by atomic mass is 14.2. The molecule has 2 aromatic rings. The van der Waals surface area contributed by atoms with Crippen LogP contribution < -0.4 is 0 Å². The second kappa shape index (κ2) is 6.79. The highest BCUT2D eigenvalue weighted by molar-refractivity contribution is 6.06. The van der Waals surface area contributed by atoms with E-state index in [0.717, 1.165) is 0 Å². The van der Waals surface area contributed by atoms with Gasteiger partial charge in [-0.2, -0.15) is 0 Å². The van der Waals surface area contributed by atoms with Gasteiger partial charge in [0.25, 0.3) is 0 Å². The molecule has 0 bridgehead atoms. The van der Waals surface area contributed by atoms with Gasteiger partial charge in [-0.15, -0.1) is 0 Å². The monoisotopic (exact) mass is 290 g/mol. The second-order valence-corrected chi connectivity index (χ2v) is 6.48. The van der Waals surface area contributed by atoms with Crippen LogP contribution in [-0.4, -0.2) is 0 Å². The van der Waals surface area contributed by atoms with Crippen LogP contribution in [-0.2, 0) is 0 Å². The van der Waals surface area contributed by atoms with E-state index in [-0.39, 0.29) is 0 Å². The first-order valence-electron chi connectivity index (χ1n) is 7.89. The Balaban J connectivity index is 2.63. The molecule has 0 radical (unpaired) electrons. The minimum absolute atomic E-state index is 1.29. The number of hydrogen-bond donors (Lipinski definition) is 0. The van der Waals surface area contributed by atoms with Crippen LogP contribution in [0.4, 0.5) is 0 Å². The number of allylic oxidation sites excluding steroid dienone is 4. The molecule has 0 aliphatic carbocycles. The first-order valence-corrected chi connectivity index (χ1v) is 7.89. The molecule has 0 aliphatic rings. The van der Waals surface area contributed by atoms with E-state index in [4.69, 9.17) is 0 Å². The molecule has 0 nitrogen and oxygen atoms in total. The summed E-state index contributed by atoms with van der Waals surface area (Å²) in [4.78, 5) is 0. The van der Waals surface area contributed by atoms with Crippen molar-refractivity contribution < 1.29 is 0 Å².